The van der Waals surface area contributed by atoms with Crippen molar-refractivity contribution in [2.45, 2.75) is 25.4 Å². The Morgan fingerprint density at radius 2 is 2.17 bits per heavy atom. The average Bonchev–Trinajstić information content (AvgIpc) is 2.83. The SMILES string of the molecule is COCCNCC1CCCN1Cc1ccccc1. The lowest BCUT2D eigenvalue weighted by molar-refractivity contribution is 0.191. The molecule has 0 radical (unpaired) electrons. The highest BCUT2D eigenvalue weighted by molar-refractivity contribution is 5.14. The van der Waals surface area contributed by atoms with Crippen LogP contribution in [0.3, 0.4) is 0 Å². The number of nitrogens with zero attached hydrogens (tertiary/aromatic N) is 1. The molecule has 0 spiro atoms. The third kappa shape index (κ3) is 4.09. The summed E-state index contributed by atoms with van der Waals surface area (Å²) >= 11 is 0. The van der Waals surface area contributed by atoms with Crippen LogP contribution in [-0.4, -0.2) is 44.3 Å². The van der Waals surface area contributed by atoms with Gasteiger partial charge in [-0.05, 0) is 24.9 Å². The molecule has 1 unspecified atom stereocenters. The van der Waals surface area contributed by atoms with Crippen LogP contribution >= 0.6 is 0 Å². The van der Waals surface area contributed by atoms with E-state index in [0.717, 1.165) is 26.2 Å². The van der Waals surface area contributed by atoms with Gasteiger partial charge in [0.05, 0.1) is 6.61 Å². The maximum atomic E-state index is 5.05. The smallest absolute Gasteiger partial charge is 0.0587 e. The van der Waals surface area contributed by atoms with E-state index >= 15 is 0 Å². The molecule has 0 amide bonds. The van der Waals surface area contributed by atoms with Crippen molar-refractivity contribution in [1.82, 2.24) is 10.2 Å². The molecule has 1 aliphatic rings. The highest BCUT2D eigenvalue weighted by Crippen LogP contribution is 2.19. The maximum Gasteiger partial charge on any atom is 0.0587 e. The van der Waals surface area contributed by atoms with Gasteiger partial charge in [0.1, 0.15) is 0 Å². The molecule has 1 heterocycles. The lowest BCUT2D eigenvalue weighted by Gasteiger charge is -2.24. The van der Waals surface area contributed by atoms with E-state index in [1.807, 2.05) is 0 Å². The first kappa shape index (κ1) is 13.5. The molecule has 1 fully saturated rings. The molecule has 1 aromatic rings. The van der Waals surface area contributed by atoms with Crippen LogP contribution in [0.15, 0.2) is 30.3 Å². The molecule has 1 aromatic carbocycles. The van der Waals surface area contributed by atoms with Crippen LogP contribution in [0.1, 0.15) is 18.4 Å². The average molecular weight is 248 g/mol. The zero-order valence-corrected chi connectivity index (χ0v) is 11.3. The van der Waals surface area contributed by atoms with Crippen molar-refractivity contribution in [3.8, 4) is 0 Å². The highest BCUT2D eigenvalue weighted by Gasteiger charge is 2.23. The second-order valence-electron chi connectivity index (χ2n) is 4.95. The van der Waals surface area contributed by atoms with Gasteiger partial charge in [-0.15, -0.1) is 0 Å². The molecule has 1 atom stereocenters. The minimum Gasteiger partial charge on any atom is -0.383 e. The van der Waals surface area contributed by atoms with E-state index < -0.39 is 0 Å². The summed E-state index contributed by atoms with van der Waals surface area (Å²) in [6.45, 7) is 5.14. The topological polar surface area (TPSA) is 24.5 Å². The van der Waals surface area contributed by atoms with Crippen LogP contribution in [-0.2, 0) is 11.3 Å². The fourth-order valence-electron chi connectivity index (χ4n) is 2.60. The summed E-state index contributed by atoms with van der Waals surface area (Å²) in [4.78, 5) is 2.59. The Morgan fingerprint density at radius 3 is 2.94 bits per heavy atom. The van der Waals surface area contributed by atoms with Gasteiger partial charge < -0.3 is 10.1 Å². The van der Waals surface area contributed by atoms with Crippen molar-refractivity contribution in [2.24, 2.45) is 0 Å². The third-order valence-electron chi connectivity index (χ3n) is 3.59. The molecule has 1 saturated heterocycles. The first-order valence-electron chi connectivity index (χ1n) is 6.88. The highest BCUT2D eigenvalue weighted by atomic mass is 16.5. The number of hydrogen-bond acceptors (Lipinski definition) is 3. The van der Waals surface area contributed by atoms with Gasteiger partial charge in [-0.25, -0.2) is 0 Å². The molecule has 2 rings (SSSR count). The second-order valence-corrected chi connectivity index (χ2v) is 4.95. The van der Waals surface area contributed by atoms with Crippen molar-refractivity contribution in [3.05, 3.63) is 35.9 Å². The molecule has 3 heteroatoms. The summed E-state index contributed by atoms with van der Waals surface area (Å²) in [5.41, 5.74) is 1.42. The predicted molar refractivity (Wildman–Crippen MR) is 74.6 cm³/mol. The van der Waals surface area contributed by atoms with Crippen LogP contribution in [0.2, 0.25) is 0 Å². The Hall–Kier alpha value is -0.900. The van der Waals surface area contributed by atoms with E-state index in [4.69, 9.17) is 4.74 Å². The summed E-state index contributed by atoms with van der Waals surface area (Å²) in [6, 6.07) is 11.4. The summed E-state index contributed by atoms with van der Waals surface area (Å²) in [5, 5.41) is 3.48. The Balaban J connectivity index is 1.77. The third-order valence-corrected chi connectivity index (χ3v) is 3.59. The molecule has 0 aliphatic carbocycles. The molecule has 100 valence electrons. The minimum absolute atomic E-state index is 0.682. The Bertz CT molecular complexity index is 329. The largest absolute Gasteiger partial charge is 0.383 e. The summed E-state index contributed by atoms with van der Waals surface area (Å²) in [5.74, 6) is 0. The number of nitrogens with one attached hydrogen (secondary N) is 1. The van der Waals surface area contributed by atoms with E-state index in [-0.39, 0.29) is 0 Å². The van der Waals surface area contributed by atoms with Gasteiger partial charge >= 0.3 is 0 Å². The van der Waals surface area contributed by atoms with Gasteiger partial charge in [0, 0.05) is 32.8 Å². The summed E-state index contributed by atoms with van der Waals surface area (Å²) in [7, 11) is 1.75. The van der Waals surface area contributed by atoms with Gasteiger partial charge in [-0.1, -0.05) is 30.3 Å². The van der Waals surface area contributed by atoms with Crippen molar-refractivity contribution < 1.29 is 4.74 Å². The molecule has 0 saturated carbocycles. The quantitative estimate of drug-likeness (QED) is 0.746. The zero-order valence-electron chi connectivity index (χ0n) is 11.3. The van der Waals surface area contributed by atoms with Crippen molar-refractivity contribution in [2.75, 3.05) is 33.4 Å². The van der Waals surface area contributed by atoms with E-state index in [2.05, 4.69) is 40.5 Å². The molecule has 0 aromatic heterocycles. The summed E-state index contributed by atoms with van der Waals surface area (Å²) in [6.07, 6.45) is 2.64. The van der Waals surface area contributed by atoms with Crippen molar-refractivity contribution in [1.29, 1.82) is 0 Å². The van der Waals surface area contributed by atoms with Gasteiger partial charge in [-0.2, -0.15) is 0 Å². The minimum atomic E-state index is 0.682. The van der Waals surface area contributed by atoms with Gasteiger partial charge in [0.25, 0.3) is 0 Å². The van der Waals surface area contributed by atoms with E-state index in [1.165, 1.54) is 24.9 Å². The standard InChI is InChI=1S/C15H24N2O/c1-18-11-9-16-12-15-8-5-10-17(15)13-14-6-3-2-4-7-14/h2-4,6-7,15-16H,5,8-13H2,1H3. The number of ether oxygens (including phenoxy) is 1. The van der Waals surface area contributed by atoms with E-state index in [0.29, 0.717) is 6.04 Å². The zero-order chi connectivity index (χ0) is 12.6. The van der Waals surface area contributed by atoms with Crippen LogP contribution in [0.4, 0.5) is 0 Å². The van der Waals surface area contributed by atoms with Gasteiger partial charge in [0.15, 0.2) is 0 Å². The van der Waals surface area contributed by atoms with Gasteiger partial charge in [0.2, 0.25) is 0 Å². The normalized spacial score (nSPS) is 20.4. The molecule has 18 heavy (non-hydrogen) atoms. The monoisotopic (exact) mass is 248 g/mol. The molecular weight excluding hydrogens is 224 g/mol. The number of methoxy groups -OCH3 is 1. The Kier molecular flexibility index (Phi) is 5.65. The Morgan fingerprint density at radius 1 is 1.33 bits per heavy atom. The number of likely N-dealkylation sites (tertiary alicyclic amines) is 1. The summed E-state index contributed by atoms with van der Waals surface area (Å²) < 4.78 is 5.05. The van der Waals surface area contributed by atoms with Crippen LogP contribution in [0, 0.1) is 0 Å². The van der Waals surface area contributed by atoms with Gasteiger partial charge in [-0.3, -0.25) is 4.90 Å². The molecule has 1 aliphatic heterocycles. The predicted octanol–water partition coefficient (Wildman–Crippen LogP) is 1.89. The lowest BCUT2D eigenvalue weighted by atomic mass is 10.2. The van der Waals surface area contributed by atoms with E-state index in [9.17, 15) is 0 Å². The first-order valence-corrected chi connectivity index (χ1v) is 6.88. The van der Waals surface area contributed by atoms with Crippen LogP contribution in [0.5, 0.6) is 0 Å². The van der Waals surface area contributed by atoms with E-state index in [1.54, 1.807) is 7.11 Å². The van der Waals surface area contributed by atoms with Crippen LogP contribution in [0.25, 0.3) is 0 Å². The molecule has 1 N–H and O–H groups in total. The number of hydrogen-bond donors (Lipinski definition) is 1. The maximum absolute atomic E-state index is 5.05. The Labute approximate surface area is 110 Å². The number of benzene rings is 1. The number of rotatable bonds is 7. The second kappa shape index (κ2) is 7.52. The molecular formula is C15H24N2O. The molecule has 3 nitrogen and oxygen atoms in total. The van der Waals surface area contributed by atoms with Crippen molar-refractivity contribution >= 4 is 0 Å². The fourth-order valence-corrected chi connectivity index (χ4v) is 2.60. The van der Waals surface area contributed by atoms with Crippen molar-refractivity contribution in [3.63, 3.8) is 0 Å². The fraction of sp³-hybridized carbons (Fsp3) is 0.600. The molecule has 0 bridgehead atoms. The van der Waals surface area contributed by atoms with Crippen LogP contribution < -0.4 is 5.32 Å². The first-order chi connectivity index (χ1) is 8.90. The lowest BCUT2D eigenvalue weighted by Crippen LogP contribution is -2.38.